The zero-order valence-corrected chi connectivity index (χ0v) is 77.6. The Labute approximate surface area is 708 Å². The molecule has 8 atom stereocenters. The summed E-state index contributed by atoms with van der Waals surface area (Å²) in [6.07, 6.45) is 54.7. The predicted molar refractivity (Wildman–Crippen MR) is 481 cm³/mol. The molecule has 12 nitrogen and oxygen atoms in total. The van der Waals surface area contributed by atoms with Gasteiger partial charge in [0, 0.05) is 119 Å². The van der Waals surface area contributed by atoms with Crippen LogP contribution >= 0.6 is 0 Å². The van der Waals surface area contributed by atoms with Crippen LogP contribution in [-0.4, -0.2) is 97.2 Å². The summed E-state index contributed by atoms with van der Waals surface area (Å²) in [5, 5.41) is 0. The topological polar surface area (TPSA) is 131 Å². The third-order valence-corrected chi connectivity index (χ3v) is 23.7. The van der Waals surface area contributed by atoms with E-state index in [9.17, 15) is 0 Å². The fourth-order valence-electron chi connectivity index (χ4n) is 16.9. The Morgan fingerprint density at radius 3 is 0.540 bits per heavy atom. The van der Waals surface area contributed by atoms with Crippen LogP contribution in [0.5, 0.6) is 0 Å². The summed E-state index contributed by atoms with van der Waals surface area (Å²) in [5.74, 6) is 0. The number of aromatic amines is 2. The number of unbranched alkanes of at least 4 members (excludes halogenated alkanes) is 40. The summed E-state index contributed by atoms with van der Waals surface area (Å²) in [4.78, 5) is 20.5. The molecule has 0 aliphatic carbocycles. The quantitative estimate of drug-likeness (QED) is 0.0416. The van der Waals surface area contributed by atoms with E-state index in [1.807, 2.05) is 0 Å². The van der Waals surface area contributed by atoms with E-state index in [0.717, 1.165) is 192 Å². The number of aromatic nitrogens is 4. The van der Waals surface area contributed by atoms with Crippen LogP contribution in [0.2, 0.25) is 0 Å². The molecule has 113 heavy (non-hydrogen) atoms. The van der Waals surface area contributed by atoms with E-state index >= 15 is 0 Å². The average molecular weight is 1670 g/mol. The Balaban J connectivity index is 0.0000269. The van der Waals surface area contributed by atoms with Crippen LogP contribution in [0, 0.1) is 0 Å². The van der Waals surface area contributed by atoms with Gasteiger partial charge in [-0.2, -0.15) is 0 Å². The number of ether oxygens (including phenoxy) is 8. The largest absolute Gasteiger partial charge is 2.00 e. The fourth-order valence-corrected chi connectivity index (χ4v) is 16.9. The number of H-pyrrole nitrogens is 2. The minimum Gasteiger partial charge on any atom is -0.374 e. The van der Waals surface area contributed by atoms with Gasteiger partial charge in [-0.25, -0.2) is 9.97 Å². The van der Waals surface area contributed by atoms with Crippen LogP contribution in [0.4, 0.5) is 0 Å². The molecule has 2 N–H and O–H groups in total. The predicted octanol–water partition coefficient (Wildman–Crippen LogP) is 30.9. The molecule has 0 spiro atoms. The molecule has 0 fully saturated rings. The number of nitrogens with zero attached hydrogens (tertiary/aromatic N) is 2. The summed E-state index contributed by atoms with van der Waals surface area (Å²) in [6, 6.07) is 9.39. The van der Waals surface area contributed by atoms with E-state index in [1.54, 1.807) is 0 Å². The van der Waals surface area contributed by atoms with Crippen molar-refractivity contribution in [1.29, 1.82) is 0 Å². The average Bonchev–Trinajstić information content (AvgIpc) is 1.59. The first-order chi connectivity index (χ1) is 54.7. The SMILES string of the molecule is CCCCCCCCOC(C)C1=C(C(C)OCCCCCCCC)c2cc3[nH]c(cc4[nH]c(cc5nc(cc1n2)C(C(C)OCCCCCCCC)=C5C(C)OCCCCCCCC)c(C(C)OCCCCCCCC)c4C(C)OCCCCCCCC)c(C(C)OCCCCCCCC)c3C(C)OCCCCCCCC.[Pd+2]. The molecule has 650 valence electrons. The van der Waals surface area contributed by atoms with Crippen LogP contribution in [0.15, 0.2) is 24.3 Å². The zero-order valence-electron chi connectivity index (χ0n) is 76.0. The molecule has 2 aliphatic rings. The van der Waals surface area contributed by atoms with Crippen LogP contribution < -0.4 is 0 Å². The molecule has 0 aromatic carbocycles. The van der Waals surface area contributed by atoms with Gasteiger partial charge in [0.05, 0.1) is 71.6 Å². The molecule has 8 unspecified atom stereocenters. The van der Waals surface area contributed by atoms with Crippen molar-refractivity contribution in [2.45, 2.75) is 468 Å². The minimum absolute atomic E-state index is 0. The van der Waals surface area contributed by atoms with Crippen molar-refractivity contribution in [2.75, 3.05) is 52.9 Å². The molecule has 3 aromatic rings. The third-order valence-electron chi connectivity index (χ3n) is 23.7. The Morgan fingerprint density at radius 1 is 0.204 bits per heavy atom. The van der Waals surface area contributed by atoms with Gasteiger partial charge in [0.25, 0.3) is 0 Å². The molecule has 5 rings (SSSR count). The van der Waals surface area contributed by atoms with Crippen molar-refractivity contribution in [3.8, 4) is 0 Å². The van der Waals surface area contributed by atoms with Gasteiger partial charge in [0.2, 0.25) is 0 Å². The Morgan fingerprint density at radius 2 is 0.354 bits per heavy atom. The molecule has 0 saturated heterocycles. The second-order valence-corrected chi connectivity index (χ2v) is 33.8. The van der Waals surface area contributed by atoms with E-state index in [0.29, 0.717) is 52.9 Å². The van der Waals surface area contributed by atoms with Crippen molar-refractivity contribution in [2.24, 2.45) is 0 Å². The fraction of sp³-hybridized carbons (Fsp3) is 0.800. The first-order valence-corrected chi connectivity index (χ1v) is 48.0. The number of nitrogens with one attached hydrogen (secondary N) is 2. The van der Waals surface area contributed by atoms with Gasteiger partial charge >= 0.3 is 20.4 Å². The Bertz CT molecular complexity index is 2930. The molecule has 0 amide bonds. The van der Waals surface area contributed by atoms with E-state index in [2.05, 4.69) is 145 Å². The van der Waals surface area contributed by atoms with Crippen LogP contribution in [0.1, 0.15) is 488 Å². The first kappa shape index (κ1) is 102. The number of fused-ring (bicyclic) bond motifs is 8. The molecular formula is C100H174N4O8Pd+2. The molecule has 0 radical (unpaired) electrons. The second kappa shape index (κ2) is 63.9. The summed E-state index contributed by atoms with van der Waals surface area (Å²) >= 11 is 0. The maximum absolute atomic E-state index is 7.25. The van der Waals surface area contributed by atoms with Gasteiger partial charge in [-0.05, 0) is 131 Å². The molecule has 13 heteroatoms. The monoisotopic (exact) mass is 1670 g/mol. The van der Waals surface area contributed by atoms with E-state index < -0.39 is 0 Å². The van der Waals surface area contributed by atoms with E-state index in [-0.39, 0.29) is 69.3 Å². The van der Waals surface area contributed by atoms with Gasteiger partial charge in [-0.1, -0.05) is 312 Å². The molecule has 3 aromatic heterocycles. The summed E-state index contributed by atoms with van der Waals surface area (Å²) < 4.78 is 57.9. The van der Waals surface area contributed by atoms with Crippen molar-refractivity contribution >= 4 is 44.4 Å². The van der Waals surface area contributed by atoms with Crippen molar-refractivity contribution in [1.82, 2.24) is 19.9 Å². The Hall–Kier alpha value is -3.06. The molecular weight excluding hydrogens is 1490 g/mol. The second-order valence-electron chi connectivity index (χ2n) is 33.8. The number of hydrogen-bond donors (Lipinski definition) is 2. The van der Waals surface area contributed by atoms with Gasteiger partial charge in [0.15, 0.2) is 0 Å². The minimum atomic E-state index is -0.322. The number of hydrogen-bond acceptors (Lipinski definition) is 10. The molecule has 0 saturated carbocycles. The standard InChI is InChI=1S/C100H174N4O8.Pd/c1-17-25-33-41-49-57-65-105-77(9)93-85-73-87-95(79(11)107-67-59-51-43-35-27-19-3)97(81(13)109-69-61-53-45-37-29-21-5)89(102-87)75-91-99(83(15)111-71-63-55-47-39-31-23-7)100(84(16)112-72-64-56-48-40-32-24-8)92(104-91)76-90-98(82(14)110-70-62-54-46-38-30-22-6)96(80(12)108-68-60-52-44-36-28-20-4)88(103-90)74-86(101-85)94(93)78(10)106-66-58-50-42-34-26-18-2;/h73-84,101-102H,17-72H2,1-16H3;/q;+2. The summed E-state index contributed by atoms with van der Waals surface area (Å²) in [5.41, 5.74) is 16.0. The van der Waals surface area contributed by atoms with Gasteiger partial charge in [0.1, 0.15) is 0 Å². The number of rotatable bonds is 72. The van der Waals surface area contributed by atoms with Crippen molar-refractivity contribution < 1.29 is 58.3 Å². The van der Waals surface area contributed by atoms with Crippen LogP contribution in [0.3, 0.4) is 0 Å². The zero-order chi connectivity index (χ0) is 80.8. The van der Waals surface area contributed by atoms with Gasteiger partial charge in [-0.15, -0.1) is 0 Å². The normalized spacial score (nSPS) is 14.8. The Kier molecular flexibility index (Phi) is 57.8. The maximum Gasteiger partial charge on any atom is 2.00 e. The summed E-state index contributed by atoms with van der Waals surface area (Å²) in [7, 11) is 0. The van der Waals surface area contributed by atoms with Crippen molar-refractivity contribution in [3.05, 3.63) is 69.3 Å². The first-order valence-electron chi connectivity index (χ1n) is 48.0. The maximum atomic E-state index is 7.25. The molecule has 8 bridgehead atoms. The smallest absolute Gasteiger partial charge is 0.374 e. The van der Waals surface area contributed by atoms with Gasteiger partial charge in [-0.3, -0.25) is 0 Å². The third kappa shape index (κ3) is 38.1. The van der Waals surface area contributed by atoms with Crippen LogP contribution in [0.25, 0.3) is 44.4 Å². The molecule has 2 aliphatic heterocycles. The van der Waals surface area contributed by atoms with E-state index in [1.165, 1.54) is 205 Å². The molecule has 5 heterocycles. The van der Waals surface area contributed by atoms with Crippen LogP contribution in [-0.2, 0) is 58.3 Å². The van der Waals surface area contributed by atoms with Crippen molar-refractivity contribution in [3.63, 3.8) is 0 Å². The van der Waals surface area contributed by atoms with E-state index in [4.69, 9.17) is 47.9 Å². The summed E-state index contributed by atoms with van der Waals surface area (Å²) in [6.45, 7) is 41.9. The van der Waals surface area contributed by atoms with Gasteiger partial charge < -0.3 is 47.9 Å².